The van der Waals surface area contributed by atoms with Crippen molar-refractivity contribution in [3.63, 3.8) is 0 Å². The van der Waals surface area contributed by atoms with Gasteiger partial charge in [-0.1, -0.05) is 72.8 Å². The van der Waals surface area contributed by atoms with Gasteiger partial charge in [0.05, 0.1) is 27.6 Å². The molecule has 0 aliphatic rings. The van der Waals surface area contributed by atoms with Crippen molar-refractivity contribution in [2.24, 2.45) is 20.5 Å². The SMILES string of the molecule is O=S(=O)(O)c1ccc2c(N=Nc3ccc(N=Nc4ccc(Nc5ccccc5)c5c(S(=O)(=O)O)cccc45)c4ccccc34)cccc2c1. The quantitative estimate of drug-likeness (QED) is 0.105. The van der Waals surface area contributed by atoms with Gasteiger partial charge in [0.15, 0.2) is 0 Å². The van der Waals surface area contributed by atoms with E-state index >= 15 is 0 Å². The van der Waals surface area contributed by atoms with Crippen LogP contribution in [0.4, 0.5) is 34.1 Å². The molecule has 0 heterocycles. The first-order chi connectivity index (χ1) is 23.6. The number of hydrogen-bond acceptors (Lipinski definition) is 9. The second kappa shape index (κ2) is 12.6. The highest BCUT2D eigenvalue weighted by Crippen LogP contribution is 2.40. The summed E-state index contributed by atoms with van der Waals surface area (Å²) in [5.41, 5.74) is 3.19. The Morgan fingerprint density at radius 3 is 1.65 bits per heavy atom. The minimum Gasteiger partial charge on any atom is -0.355 e. The number of fused-ring (bicyclic) bond motifs is 3. The van der Waals surface area contributed by atoms with E-state index in [-0.39, 0.29) is 15.2 Å². The third-order valence-corrected chi connectivity index (χ3v) is 9.59. The summed E-state index contributed by atoms with van der Waals surface area (Å²) in [7, 11) is -8.93. The molecule has 0 bridgehead atoms. The minimum absolute atomic E-state index is 0.212. The smallest absolute Gasteiger partial charge is 0.295 e. The summed E-state index contributed by atoms with van der Waals surface area (Å²) in [6.45, 7) is 0. The number of hydrogen-bond donors (Lipinski definition) is 3. The van der Waals surface area contributed by atoms with Crippen molar-refractivity contribution >= 4 is 86.7 Å². The van der Waals surface area contributed by atoms with Gasteiger partial charge in [-0.25, -0.2) is 0 Å². The predicted molar refractivity (Wildman–Crippen MR) is 190 cm³/mol. The first kappa shape index (κ1) is 31.7. The van der Waals surface area contributed by atoms with Gasteiger partial charge in [-0.15, -0.1) is 20.5 Å². The maximum Gasteiger partial charge on any atom is 0.295 e. The van der Waals surface area contributed by atoms with Gasteiger partial charge in [0.25, 0.3) is 20.2 Å². The van der Waals surface area contributed by atoms with E-state index in [2.05, 4.69) is 25.8 Å². The molecule has 0 saturated heterocycles. The first-order valence-corrected chi connectivity index (χ1v) is 17.7. The highest BCUT2D eigenvalue weighted by atomic mass is 32.2. The molecule has 0 saturated carbocycles. The molecule has 7 aromatic rings. The molecule has 0 aliphatic heterocycles. The lowest BCUT2D eigenvalue weighted by atomic mass is 10.1. The number of anilines is 2. The van der Waals surface area contributed by atoms with Gasteiger partial charge in [-0.2, -0.15) is 16.8 Å². The molecule has 0 unspecified atom stereocenters. The van der Waals surface area contributed by atoms with E-state index in [0.717, 1.165) is 16.5 Å². The Bertz CT molecular complexity index is 2700. The Morgan fingerprint density at radius 2 is 1.02 bits per heavy atom. The Labute approximate surface area is 280 Å². The average molecular weight is 688 g/mol. The van der Waals surface area contributed by atoms with Gasteiger partial charge in [0, 0.05) is 38.3 Å². The van der Waals surface area contributed by atoms with Gasteiger partial charge in [0.2, 0.25) is 0 Å². The summed E-state index contributed by atoms with van der Waals surface area (Å²) in [4.78, 5) is -0.470. The fourth-order valence-corrected chi connectivity index (χ4v) is 6.83. The summed E-state index contributed by atoms with van der Waals surface area (Å²) in [6.07, 6.45) is 0. The van der Waals surface area contributed by atoms with E-state index in [1.807, 2.05) is 54.6 Å². The lowest BCUT2D eigenvalue weighted by Crippen LogP contribution is -2.01. The van der Waals surface area contributed by atoms with Crippen molar-refractivity contribution in [3.05, 3.63) is 133 Å². The Hall–Kier alpha value is -5.86. The average Bonchev–Trinajstić information content (AvgIpc) is 3.09. The van der Waals surface area contributed by atoms with E-state index in [1.54, 1.807) is 54.6 Å². The van der Waals surface area contributed by atoms with Crippen molar-refractivity contribution in [2.75, 3.05) is 5.32 Å². The third-order valence-electron chi connectivity index (χ3n) is 7.85. The third kappa shape index (κ3) is 6.51. The van der Waals surface area contributed by atoms with Crippen LogP contribution in [0.1, 0.15) is 0 Å². The van der Waals surface area contributed by atoms with Crippen molar-refractivity contribution in [1.29, 1.82) is 0 Å². The summed E-state index contributed by atoms with van der Waals surface area (Å²) >= 11 is 0. The highest BCUT2D eigenvalue weighted by molar-refractivity contribution is 7.86. The van der Waals surface area contributed by atoms with E-state index in [9.17, 15) is 25.9 Å². The minimum atomic E-state index is -4.57. The zero-order valence-electron chi connectivity index (χ0n) is 25.3. The largest absolute Gasteiger partial charge is 0.355 e. The van der Waals surface area contributed by atoms with Crippen LogP contribution in [0.3, 0.4) is 0 Å². The lowest BCUT2D eigenvalue weighted by Gasteiger charge is -2.14. The topological polar surface area (TPSA) is 170 Å². The molecule has 242 valence electrons. The van der Waals surface area contributed by atoms with Crippen molar-refractivity contribution < 1.29 is 25.9 Å². The van der Waals surface area contributed by atoms with Gasteiger partial charge in [0.1, 0.15) is 4.90 Å². The molecule has 0 spiro atoms. The molecule has 7 rings (SSSR count). The van der Waals surface area contributed by atoms with Gasteiger partial charge in [-0.3, -0.25) is 9.11 Å². The van der Waals surface area contributed by atoms with Crippen LogP contribution in [0.2, 0.25) is 0 Å². The van der Waals surface area contributed by atoms with Crippen LogP contribution in [-0.4, -0.2) is 25.9 Å². The molecular weight excluding hydrogens is 663 g/mol. The monoisotopic (exact) mass is 687 g/mol. The molecule has 0 aliphatic carbocycles. The van der Waals surface area contributed by atoms with Crippen LogP contribution < -0.4 is 5.32 Å². The van der Waals surface area contributed by atoms with Crippen LogP contribution >= 0.6 is 0 Å². The molecule has 0 aromatic heterocycles. The van der Waals surface area contributed by atoms with Crippen LogP contribution in [-0.2, 0) is 20.2 Å². The number of nitrogens with zero attached hydrogens (tertiary/aromatic N) is 4. The normalized spacial score (nSPS) is 12.4. The number of benzene rings is 7. The van der Waals surface area contributed by atoms with Crippen LogP contribution in [0, 0.1) is 0 Å². The fourth-order valence-electron chi connectivity index (χ4n) is 5.59. The van der Waals surface area contributed by atoms with Crippen molar-refractivity contribution in [1.82, 2.24) is 0 Å². The molecule has 0 amide bonds. The molecule has 49 heavy (non-hydrogen) atoms. The standard InChI is InChI=1S/C36H25N5O6S2/c42-48(43,44)25-16-17-26-23(22-25)8-6-14-30(26)38-39-31-18-19-32(28-12-5-4-11-27(28)31)40-41-33-20-21-34(37-24-9-2-1-3-10-24)36-29(33)13-7-15-35(36)49(45,46)47/h1-22,37H,(H,42,43,44)(H,45,46,47). The fraction of sp³-hybridized carbons (Fsp3) is 0. The zero-order chi connectivity index (χ0) is 34.2. The van der Waals surface area contributed by atoms with Gasteiger partial charge < -0.3 is 5.32 Å². The van der Waals surface area contributed by atoms with Crippen LogP contribution in [0.25, 0.3) is 32.3 Å². The predicted octanol–water partition coefficient (Wildman–Crippen LogP) is 10.2. The summed E-state index contributed by atoms with van der Waals surface area (Å²) < 4.78 is 67.5. The number of rotatable bonds is 8. The zero-order valence-corrected chi connectivity index (χ0v) is 27.0. The first-order valence-electron chi connectivity index (χ1n) is 14.8. The summed E-state index contributed by atoms with van der Waals surface area (Å²) in [6, 6.07) is 37.7. The molecule has 3 N–H and O–H groups in total. The Morgan fingerprint density at radius 1 is 0.469 bits per heavy atom. The van der Waals surface area contributed by atoms with E-state index < -0.39 is 20.2 Å². The number of para-hydroxylation sites is 1. The summed E-state index contributed by atoms with van der Waals surface area (Å²) in [5, 5.41) is 24.7. The molecule has 0 radical (unpaired) electrons. The summed E-state index contributed by atoms with van der Waals surface area (Å²) in [5.74, 6) is 0. The molecule has 11 nitrogen and oxygen atoms in total. The Balaban J connectivity index is 1.27. The molecular formula is C36H25N5O6S2. The van der Waals surface area contributed by atoms with Crippen LogP contribution in [0.5, 0.6) is 0 Å². The second-order valence-corrected chi connectivity index (χ2v) is 13.8. The highest BCUT2D eigenvalue weighted by Gasteiger charge is 2.19. The van der Waals surface area contributed by atoms with Crippen molar-refractivity contribution in [3.8, 4) is 0 Å². The van der Waals surface area contributed by atoms with E-state index in [1.165, 1.54) is 24.3 Å². The van der Waals surface area contributed by atoms with E-state index in [0.29, 0.717) is 44.6 Å². The maximum absolute atomic E-state index is 12.4. The molecule has 0 fully saturated rings. The van der Waals surface area contributed by atoms with Gasteiger partial charge in [-0.05, 0) is 66.0 Å². The number of azo groups is 2. The molecule has 7 aromatic carbocycles. The number of nitrogens with one attached hydrogen (secondary N) is 1. The van der Waals surface area contributed by atoms with Crippen LogP contribution in [0.15, 0.2) is 164 Å². The second-order valence-electron chi connectivity index (χ2n) is 11.0. The molecule has 13 heteroatoms. The van der Waals surface area contributed by atoms with Gasteiger partial charge >= 0.3 is 0 Å². The van der Waals surface area contributed by atoms with E-state index in [4.69, 9.17) is 0 Å². The maximum atomic E-state index is 12.4. The lowest BCUT2D eigenvalue weighted by molar-refractivity contribution is 0.481. The Kier molecular flexibility index (Phi) is 8.18. The van der Waals surface area contributed by atoms with Crippen molar-refractivity contribution in [2.45, 2.75) is 9.79 Å². The molecule has 0 atom stereocenters.